The maximum absolute atomic E-state index is 12.2. The Hall–Kier alpha value is -1.43. The van der Waals surface area contributed by atoms with Crippen LogP contribution in [0.25, 0.3) is 0 Å². The normalized spacial score (nSPS) is 25.8. The van der Waals surface area contributed by atoms with E-state index in [4.69, 9.17) is 5.73 Å². The van der Waals surface area contributed by atoms with Crippen LogP contribution >= 0.6 is 0 Å². The van der Waals surface area contributed by atoms with Crippen LogP contribution < -0.4 is 5.73 Å². The van der Waals surface area contributed by atoms with E-state index in [9.17, 15) is 14.4 Å². The van der Waals surface area contributed by atoms with E-state index in [1.807, 2.05) is 6.92 Å². The number of rotatable bonds is 4. The molecule has 1 atom stereocenters. The fourth-order valence-corrected chi connectivity index (χ4v) is 2.04. The third-order valence-electron chi connectivity index (χ3n) is 3.10. The van der Waals surface area contributed by atoms with Crippen molar-refractivity contribution in [2.75, 3.05) is 20.1 Å². The van der Waals surface area contributed by atoms with E-state index in [0.717, 1.165) is 9.80 Å². The molecule has 0 spiro atoms. The van der Waals surface area contributed by atoms with Crippen molar-refractivity contribution < 1.29 is 14.4 Å². The lowest BCUT2D eigenvalue weighted by Gasteiger charge is -2.40. The zero-order valence-electron chi connectivity index (χ0n) is 10.5. The molecule has 0 saturated carbocycles. The van der Waals surface area contributed by atoms with Crippen LogP contribution in [0.5, 0.6) is 0 Å². The van der Waals surface area contributed by atoms with Gasteiger partial charge in [-0.15, -0.1) is 0 Å². The molecule has 0 aromatic rings. The summed E-state index contributed by atoms with van der Waals surface area (Å²) in [5.41, 5.74) is 4.24. The molecule has 1 rings (SSSR count). The summed E-state index contributed by atoms with van der Waals surface area (Å²) in [6.07, 6.45) is 0.917. The number of imide groups is 2. The second-order valence-corrected chi connectivity index (χ2v) is 4.47. The highest BCUT2D eigenvalue weighted by molar-refractivity contribution is 6.18. The number of hydrogen-bond acceptors (Lipinski definition) is 4. The smallest absolute Gasteiger partial charge is 0.330 e. The first-order chi connectivity index (χ1) is 7.90. The van der Waals surface area contributed by atoms with Gasteiger partial charge in [0.2, 0.25) is 11.8 Å². The van der Waals surface area contributed by atoms with E-state index in [-0.39, 0.29) is 13.0 Å². The van der Waals surface area contributed by atoms with Crippen molar-refractivity contribution in [1.29, 1.82) is 0 Å². The van der Waals surface area contributed by atoms with Gasteiger partial charge in [0.05, 0.1) is 0 Å². The van der Waals surface area contributed by atoms with Gasteiger partial charge in [0.15, 0.2) is 0 Å². The lowest BCUT2D eigenvalue weighted by molar-refractivity contribution is -0.157. The summed E-state index contributed by atoms with van der Waals surface area (Å²) in [6.45, 7) is 3.98. The molecule has 4 amide bonds. The molecule has 6 nitrogen and oxygen atoms in total. The molecule has 96 valence electrons. The van der Waals surface area contributed by atoms with Crippen LogP contribution in [-0.2, 0) is 9.59 Å². The molecule has 1 heterocycles. The summed E-state index contributed by atoms with van der Waals surface area (Å²) in [5.74, 6) is -0.900. The Labute approximate surface area is 101 Å². The Morgan fingerprint density at radius 1 is 1.24 bits per heavy atom. The molecule has 1 fully saturated rings. The Balaban J connectivity index is 3.11. The lowest BCUT2D eigenvalue weighted by Crippen LogP contribution is -2.63. The van der Waals surface area contributed by atoms with E-state index >= 15 is 0 Å². The highest BCUT2D eigenvalue weighted by Crippen LogP contribution is 2.31. The Morgan fingerprint density at radius 2 is 1.82 bits per heavy atom. The van der Waals surface area contributed by atoms with Gasteiger partial charge in [0.1, 0.15) is 5.41 Å². The van der Waals surface area contributed by atoms with Gasteiger partial charge in [-0.2, -0.15) is 0 Å². The molecule has 17 heavy (non-hydrogen) atoms. The first-order valence-corrected chi connectivity index (χ1v) is 5.74. The van der Waals surface area contributed by atoms with Gasteiger partial charge in [-0.25, -0.2) is 4.79 Å². The number of amides is 4. The quantitative estimate of drug-likeness (QED) is 0.711. The first-order valence-electron chi connectivity index (χ1n) is 5.74. The number of urea groups is 1. The van der Waals surface area contributed by atoms with Crippen molar-refractivity contribution in [2.45, 2.75) is 26.7 Å². The van der Waals surface area contributed by atoms with Crippen molar-refractivity contribution in [3.05, 3.63) is 0 Å². The summed E-state index contributed by atoms with van der Waals surface area (Å²) in [6, 6.07) is -0.545. The molecule has 1 aliphatic rings. The van der Waals surface area contributed by atoms with Crippen LogP contribution in [0.2, 0.25) is 0 Å². The van der Waals surface area contributed by atoms with E-state index in [2.05, 4.69) is 0 Å². The highest BCUT2D eigenvalue weighted by atomic mass is 16.2. The monoisotopic (exact) mass is 241 g/mol. The summed E-state index contributed by atoms with van der Waals surface area (Å²) >= 11 is 0. The molecule has 0 aromatic carbocycles. The standard InChI is InChI=1S/C11H19N3O3/c1-4-7-14-9(16)11(2,5-6-12)8(15)13(3)10(14)17/h4-7,12H2,1-3H3. The summed E-state index contributed by atoms with van der Waals surface area (Å²) < 4.78 is 0. The average molecular weight is 241 g/mol. The van der Waals surface area contributed by atoms with Crippen LogP contribution in [0.3, 0.4) is 0 Å². The van der Waals surface area contributed by atoms with Gasteiger partial charge < -0.3 is 5.73 Å². The second-order valence-electron chi connectivity index (χ2n) is 4.47. The number of barbiturate groups is 1. The van der Waals surface area contributed by atoms with Crippen molar-refractivity contribution in [1.82, 2.24) is 9.80 Å². The van der Waals surface area contributed by atoms with Gasteiger partial charge in [-0.1, -0.05) is 6.92 Å². The van der Waals surface area contributed by atoms with Gasteiger partial charge in [0, 0.05) is 13.6 Å². The molecular weight excluding hydrogens is 222 g/mol. The van der Waals surface area contributed by atoms with Crippen molar-refractivity contribution >= 4 is 17.8 Å². The van der Waals surface area contributed by atoms with Gasteiger partial charge in [-0.05, 0) is 26.3 Å². The van der Waals surface area contributed by atoms with Crippen molar-refractivity contribution in [2.24, 2.45) is 11.1 Å². The number of carbonyl (C=O) groups is 3. The minimum atomic E-state index is -1.20. The van der Waals surface area contributed by atoms with Crippen molar-refractivity contribution in [3.8, 4) is 0 Å². The minimum Gasteiger partial charge on any atom is -0.330 e. The summed E-state index contributed by atoms with van der Waals surface area (Å²) in [4.78, 5) is 38.2. The molecule has 1 unspecified atom stereocenters. The predicted octanol–water partition coefficient (Wildman–Crippen LogP) is 0.172. The molecule has 0 radical (unpaired) electrons. The molecule has 0 aromatic heterocycles. The number of nitrogens with two attached hydrogens (primary N) is 1. The fourth-order valence-electron chi connectivity index (χ4n) is 2.04. The van der Waals surface area contributed by atoms with Crippen molar-refractivity contribution in [3.63, 3.8) is 0 Å². The zero-order valence-corrected chi connectivity index (χ0v) is 10.5. The molecule has 2 N–H and O–H groups in total. The Morgan fingerprint density at radius 3 is 2.29 bits per heavy atom. The SMILES string of the molecule is CCCN1C(=O)N(C)C(=O)C(C)(CCN)C1=O. The second kappa shape index (κ2) is 4.83. The van der Waals surface area contributed by atoms with E-state index in [1.165, 1.54) is 7.05 Å². The average Bonchev–Trinajstić information content (AvgIpc) is 2.31. The van der Waals surface area contributed by atoms with Gasteiger partial charge in [-0.3, -0.25) is 19.4 Å². The Bertz CT molecular complexity index is 356. The van der Waals surface area contributed by atoms with E-state index in [0.29, 0.717) is 13.0 Å². The molecular formula is C11H19N3O3. The third-order valence-corrected chi connectivity index (χ3v) is 3.10. The molecule has 0 bridgehead atoms. The van der Waals surface area contributed by atoms with Gasteiger partial charge in [0.25, 0.3) is 0 Å². The van der Waals surface area contributed by atoms with Gasteiger partial charge >= 0.3 is 6.03 Å². The topological polar surface area (TPSA) is 83.7 Å². The summed E-state index contributed by atoms with van der Waals surface area (Å²) in [7, 11) is 1.40. The van der Waals surface area contributed by atoms with Crippen LogP contribution in [0.15, 0.2) is 0 Å². The first kappa shape index (κ1) is 13.6. The van der Waals surface area contributed by atoms with Crippen LogP contribution in [0.4, 0.5) is 4.79 Å². The minimum absolute atomic E-state index is 0.232. The lowest BCUT2D eigenvalue weighted by atomic mass is 9.82. The highest BCUT2D eigenvalue weighted by Gasteiger charge is 2.52. The molecule has 1 saturated heterocycles. The van der Waals surface area contributed by atoms with E-state index < -0.39 is 23.3 Å². The number of carbonyl (C=O) groups excluding carboxylic acids is 3. The van der Waals surface area contributed by atoms with E-state index in [1.54, 1.807) is 6.92 Å². The third kappa shape index (κ3) is 2.04. The molecule has 0 aliphatic carbocycles. The summed E-state index contributed by atoms with van der Waals surface area (Å²) in [5, 5.41) is 0. The van der Waals surface area contributed by atoms with Crippen LogP contribution in [-0.4, -0.2) is 47.8 Å². The molecule has 6 heteroatoms. The number of hydrogen-bond donors (Lipinski definition) is 1. The van der Waals surface area contributed by atoms with Crippen LogP contribution in [0.1, 0.15) is 26.7 Å². The maximum Gasteiger partial charge on any atom is 0.333 e. The fraction of sp³-hybridized carbons (Fsp3) is 0.727. The molecule has 1 aliphatic heterocycles. The van der Waals surface area contributed by atoms with Crippen LogP contribution in [0, 0.1) is 5.41 Å². The predicted molar refractivity (Wildman–Crippen MR) is 61.9 cm³/mol. The largest absolute Gasteiger partial charge is 0.333 e. The zero-order chi connectivity index (χ0) is 13.2. The maximum atomic E-state index is 12.2. The Kier molecular flexibility index (Phi) is 3.87. The number of nitrogens with zero attached hydrogens (tertiary/aromatic N) is 2.